The molecule has 0 fully saturated rings. The van der Waals surface area contributed by atoms with Crippen LogP contribution >= 0.6 is 15.9 Å². The van der Waals surface area contributed by atoms with E-state index in [1.165, 1.54) is 12.1 Å². The lowest BCUT2D eigenvalue weighted by atomic mass is 9.77. The van der Waals surface area contributed by atoms with Gasteiger partial charge in [0.1, 0.15) is 17.5 Å². The summed E-state index contributed by atoms with van der Waals surface area (Å²) in [7, 11) is 0. The number of fused-ring (bicyclic) bond motifs is 3. The SMILES string of the molecule is N#CC1C(=N)Oc2ccc3cc(Br)ccc3c2C1c1ccc(F)cc1. The third-order valence-electron chi connectivity index (χ3n) is 4.50. The van der Waals surface area contributed by atoms with Gasteiger partial charge in [0.2, 0.25) is 5.90 Å². The summed E-state index contributed by atoms with van der Waals surface area (Å²) in [6, 6.07) is 17.9. The van der Waals surface area contributed by atoms with Gasteiger partial charge in [-0.25, -0.2) is 4.39 Å². The van der Waals surface area contributed by atoms with Crippen LogP contribution in [0.5, 0.6) is 5.75 Å². The van der Waals surface area contributed by atoms with E-state index in [0.717, 1.165) is 26.4 Å². The van der Waals surface area contributed by atoms with Crippen LogP contribution < -0.4 is 4.74 Å². The molecule has 1 N–H and O–H groups in total. The highest BCUT2D eigenvalue weighted by molar-refractivity contribution is 9.10. The number of benzene rings is 3. The average Bonchev–Trinajstić information content (AvgIpc) is 2.61. The fraction of sp³-hybridized carbons (Fsp3) is 0.100. The van der Waals surface area contributed by atoms with Crippen molar-refractivity contribution in [2.45, 2.75) is 5.92 Å². The summed E-state index contributed by atoms with van der Waals surface area (Å²) >= 11 is 3.47. The molecule has 2 unspecified atom stereocenters. The van der Waals surface area contributed by atoms with Crippen LogP contribution in [0.4, 0.5) is 4.39 Å². The molecule has 25 heavy (non-hydrogen) atoms. The normalized spacial score (nSPS) is 19.2. The maximum atomic E-state index is 13.4. The van der Waals surface area contributed by atoms with Crippen LogP contribution in [0.15, 0.2) is 59.1 Å². The minimum absolute atomic E-state index is 0.0826. The average molecular weight is 395 g/mol. The Morgan fingerprint density at radius 1 is 1.08 bits per heavy atom. The summed E-state index contributed by atoms with van der Waals surface area (Å²) in [5.41, 5.74) is 1.65. The van der Waals surface area contributed by atoms with Gasteiger partial charge in [-0.3, -0.25) is 5.41 Å². The molecule has 0 aromatic heterocycles. The van der Waals surface area contributed by atoms with Crippen molar-refractivity contribution < 1.29 is 9.13 Å². The molecule has 0 bridgehead atoms. The number of rotatable bonds is 1. The van der Waals surface area contributed by atoms with E-state index in [-0.39, 0.29) is 17.6 Å². The van der Waals surface area contributed by atoms with Gasteiger partial charge in [0.05, 0.1) is 6.07 Å². The highest BCUT2D eigenvalue weighted by atomic mass is 79.9. The fourth-order valence-electron chi connectivity index (χ4n) is 3.38. The molecule has 0 spiro atoms. The van der Waals surface area contributed by atoms with Gasteiger partial charge in [0, 0.05) is 16.0 Å². The van der Waals surface area contributed by atoms with E-state index in [9.17, 15) is 9.65 Å². The number of nitrogens with one attached hydrogen (secondary N) is 1. The first-order valence-corrected chi connectivity index (χ1v) is 8.51. The Hall–Kier alpha value is -2.71. The molecular weight excluding hydrogens is 383 g/mol. The van der Waals surface area contributed by atoms with Crippen LogP contribution in [0.3, 0.4) is 0 Å². The molecule has 0 radical (unpaired) electrons. The van der Waals surface area contributed by atoms with Crippen molar-refractivity contribution in [1.82, 2.24) is 0 Å². The van der Waals surface area contributed by atoms with Crippen molar-refractivity contribution in [2.24, 2.45) is 5.92 Å². The second-order valence-electron chi connectivity index (χ2n) is 5.95. The van der Waals surface area contributed by atoms with Crippen LogP contribution in [0, 0.1) is 28.5 Å². The van der Waals surface area contributed by atoms with Crippen molar-refractivity contribution >= 4 is 32.6 Å². The van der Waals surface area contributed by atoms with Gasteiger partial charge in [-0.2, -0.15) is 5.26 Å². The monoisotopic (exact) mass is 394 g/mol. The van der Waals surface area contributed by atoms with Gasteiger partial charge in [-0.05, 0) is 46.7 Å². The van der Waals surface area contributed by atoms with Crippen LogP contribution in [0.2, 0.25) is 0 Å². The minimum atomic E-state index is -0.757. The smallest absolute Gasteiger partial charge is 0.205 e. The third kappa shape index (κ3) is 2.59. The van der Waals surface area contributed by atoms with E-state index >= 15 is 0 Å². The number of hydrogen-bond donors (Lipinski definition) is 1. The first-order valence-electron chi connectivity index (χ1n) is 7.72. The molecule has 3 aromatic carbocycles. The molecular formula is C20H12BrFN2O. The molecule has 1 aliphatic rings. The Bertz CT molecular complexity index is 1040. The third-order valence-corrected chi connectivity index (χ3v) is 4.99. The lowest BCUT2D eigenvalue weighted by molar-refractivity contribution is 0.452. The molecule has 3 nitrogen and oxygen atoms in total. The minimum Gasteiger partial charge on any atom is -0.442 e. The molecule has 4 rings (SSSR count). The first-order chi connectivity index (χ1) is 12.1. The lowest BCUT2D eigenvalue weighted by Gasteiger charge is -2.31. The summed E-state index contributed by atoms with van der Waals surface area (Å²) in [4.78, 5) is 0. The fourth-order valence-corrected chi connectivity index (χ4v) is 3.76. The highest BCUT2D eigenvalue weighted by Crippen LogP contribution is 2.45. The summed E-state index contributed by atoms with van der Waals surface area (Å²) in [6.45, 7) is 0. The molecule has 2 atom stereocenters. The van der Waals surface area contributed by atoms with E-state index in [0.29, 0.717) is 5.75 Å². The number of ether oxygens (including phenoxy) is 1. The molecule has 5 heteroatoms. The molecule has 0 aliphatic carbocycles. The molecule has 0 saturated heterocycles. The number of nitrogens with zero attached hydrogens (tertiary/aromatic N) is 1. The molecule has 3 aromatic rings. The predicted molar refractivity (Wildman–Crippen MR) is 97.3 cm³/mol. The van der Waals surface area contributed by atoms with Crippen molar-refractivity contribution in [3.05, 3.63) is 76.0 Å². The molecule has 0 saturated carbocycles. The van der Waals surface area contributed by atoms with Gasteiger partial charge in [0.25, 0.3) is 0 Å². The molecule has 0 amide bonds. The number of nitriles is 1. The van der Waals surface area contributed by atoms with Crippen molar-refractivity contribution in [1.29, 1.82) is 10.7 Å². The highest BCUT2D eigenvalue weighted by Gasteiger charge is 2.37. The molecule has 1 heterocycles. The van der Waals surface area contributed by atoms with Crippen LogP contribution in [-0.4, -0.2) is 5.90 Å². The van der Waals surface area contributed by atoms with Crippen molar-refractivity contribution in [3.63, 3.8) is 0 Å². The maximum Gasteiger partial charge on any atom is 0.205 e. The van der Waals surface area contributed by atoms with Crippen molar-refractivity contribution in [3.8, 4) is 11.8 Å². The topological polar surface area (TPSA) is 56.9 Å². The van der Waals surface area contributed by atoms with Gasteiger partial charge in [-0.1, -0.05) is 40.2 Å². The largest absolute Gasteiger partial charge is 0.442 e. The predicted octanol–water partition coefficient (Wildman–Crippen LogP) is 5.38. The van der Waals surface area contributed by atoms with Gasteiger partial charge in [0.15, 0.2) is 0 Å². The Labute approximate surface area is 152 Å². The van der Waals surface area contributed by atoms with Crippen LogP contribution in [-0.2, 0) is 0 Å². The van der Waals surface area contributed by atoms with Crippen molar-refractivity contribution in [2.75, 3.05) is 0 Å². The summed E-state index contributed by atoms with van der Waals surface area (Å²) in [5, 5.41) is 19.7. The first kappa shape index (κ1) is 15.8. The van der Waals surface area contributed by atoms with Gasteiger partial charge in [-0.15, -0.1) is 0 Å². The molecule has 1 aliphatic heterocycles. The van der Waals surface area contributed by atoms with E-state index in [2.05, 4.69) is 22.0 Å². The van der Waals surface area contributed by atoms with E-state index < -0.39 is 5.92 Å². The van der Waals surface area contributed by atoms with E-state index in [4.69, 9.17) is 10.1 Å². The lowest BCUT2D eigenvalue weighted by Crippen LogP contribution is -2.31. The Morgan fingerprint density at radius 2 is 1.84 bits per heavy atom. The number of hydrogen-bond acceptors (Lipinski definition) is 3. The summed E-state index contributed by atoms with van der Waals surface area (Å²) < 4.78 is 19.9. The summed E-state index contributed by atoms with van der Waals surface area (Å²) in [5.74, 6) is -0.984. The second-order valence-corrected chi connectivity index (χ2v) is 6.86. The second kappa shape index (κ2) is 5.98. The Kier molecular flexibility index (Phi) is 3.78. The van der Waals surface area contributed by atoms with Crippen LogP contribution in [0.25, 0.3) is 10.8 Å². The van der Waals surface area contributed by atoms with Gasteiger partial charge < -0.3 is 4.74 Å². The summed E-state index contributed by atoms with van der Waals surface area (Å²) in [6.07, 6.45) is 0. The van der Waals surface area contributed by atoms with Gasteiger partial charge >= 0.3 is 0 Å². The van der Waals surface area contributed by atoms with E-state index in [1.54, 1.807) is 12.1 Å². The molecule has 122 valence electrons. The van der Waals surface area contributed by atoms with E-state index in [1.807, 2.05) is 30.3 Å². The quantitative estimate of drug-likeness (QED) is 0.601. The Balaban J connectivity index is 2.03. The zero-order valence-electron chi connectivity index (χ0n) is 13.0. The van der Waals surface area contributed by atoms with Crippen LogP contribution in [0.1, 0.15) is 17.0 Å². The zero-order valence-corrected chi connectivity index (χ0v) is 14.5. The maximum absolute atomic E-state index is 13.4. The Morgan fingerprint density at radius 3 is 2.56 bits per heavy atom. The zero-order chi connectivity index (χ0) is 17.6. The number of halogens is 2. The standard InChI is InChI=1S/C20H12BrFN2O/c21-13-4-7-15-12(9-13)3-8-17-19(15)18(16(10-23)20(24)25-17)11-1-5-14(22)6-2-11/h1-9,16,18,24H.